The van der Waals surface area contributed by atoms with Crippen molar-refractivity contribution in [1.82, 2.24) is 10.2 Å². The molecule has 1 aliphatic heterocycles. The van der Waals surface area contributed by atoms with Crippen LogP contribution in [-0.4, -0.2) is 36.6 Å². The van der Waals surface area contributed by atoms with Gasteiger partial charge < -0.3 is 5.32 Å². The van der Waals surface area contributed by atoms with Crippen LogP contribution in [0.1, 0.15) is 52.9 Å². The van der Waals surface area contributed by atoms with Crippen LogP contribution in [0.2, 0.25) is 0 Å². The zero-order valence-corrected chi connectivity index (χ0v) is 10.8. The Bertz CT molecular complexity index is 149. The molecule has 15 heavy (non-hydrogen) atoms. The molecule has 0 aromatic rings. The normalized spacial score (nSPS) is 23.4. The molecule has 1 N–H and O–H groups in total. The van der Waals surface area contributed by atoms with E-state index in [0.717, 1.165) is 6.04 Å². The van der Waals surface area contributed by atoms with Crippen molar-refractivity contribution < 1.29 is 0 Å². The van der Waals surface area contributed by atoms with Crippen molar-refractivity contribution in [3.63, 3.8) is 0 Å². The maximum absolute atomic E-state index is 3.68. The van der Waals surface area contributed by atoms with Gasteiger partial charge in [-0.15, -0.1) is 0 Å². The highest BCUT2D eigenvalue weighted by atomic mass is 15.2. The van der Waals surface area contributed by atoms with Gasteiger partial charge in [-0.2, -0.15) is 0 Å². The molecule has 0 amide bonds. The third-order valence-electron chi connectivity index (χ3n) is 3.36. The number of hydrogen-bond acceptors (Lipinski definition) is 2. The summed E-state index contributed by atoms with van der Waals surface area (Å²) in [7, 11) is 0. The van der Waals surface area contributed by atoms with Crippen LogP contribution in [0, 0.1) is 0 Å². The van der Waals surface area contributed by atoms with Crippen molar-refractivity contribution in [3.05, 3.63) is 0 Å². The minimum atomic E-state index is 0.690. The van der Waals surface area contributed by atoms with Gasteiger partial charge in [0.15, 0.2) is 0 Å². The van der Waals surface area contributed by atoms with Gasteiger partial charge in [-0.3, -0.25) is 4.90 Å². The Morgan fingerprint density at radius 1 is 1.27 bits per heavy atom. The van der Waals surface area contributed by atoms with E-state index in [-0.39, 0.29) is 0 Å². The SMILES string of the molecule is CCCN(CC1CCCCCN1)C(C)C. The topological polar surface area (TPSA) is 15.3 Å². The molecule has 1 saturated heterocycles. The molecule has 1 aliphatic rings. The monoisotopic (exact) mass is 212 g/mol. The first-order chi connectivity index (χ1) is 7.24. The van der Waals surface area contributed by atoms with Gasteiger partial charge in [-0.1, -0.05) is 19.8 Å². The first-order valence-electron chi connectivity index (χ1n) is 6.71. The van der Waals surface area contributed by atoms with E-state index in [2.05, 4.69) is 31.0 Å². The van der Waals surface area contributed by atoms with E-state index in [9.17, 15) is 0 Å². The Morgan fingerprint density at radius 2 is 2.07 bits per heavy atom. The molecule has 0 aliphatic carbocycles. The molecule has 2 nitrogen and oxygen atoms in total. The highest BCUT2D eigenvalue weighted by Gasteiger charge is 2.16. The van der Waals surface area contributed by atoms with Gasteiger partial charge in [0.1, 0.15) is 0 Å². The van der Waals surface area contributed by atoms with Crippen LogP contribution in [-0.2, 0) is 0 Å². The van der Waals surface area contributed by atoms with Crippen molar-refractivity contribution in [2.75, 3.05) is 19.6 Å². The van der Waals surface area contributed by atoms with E-state index in [0.29, 0.717) is 6.04 Å². The van der Waals surface area contributed by atoms with Gasteiger partial charge >= 0.3 is 0 Å². The van der Waals surface area contributed by atoms with E-state index >= 15 is 0 Å². The Hall–Kier alpha value is -0.0800. The van der Waals surface area contributed by atoms with Gasteiger partial charge in [0.05, 0.1) is 0 Å². The number of nitrogens with zero attached hydrogens (tertiary/aromatic N) is 1. The van der Waals surface area contributed by atoms with Crippen LogP contribution in [0.4, 0.5) is 0 Å². The van der Waals surface area contributed by atoms with Crippen LogP contribution >= 0.6 is 0 Å². The van der Waals surface area contributed by atoms with Crippen molar-refractivity contribution in [2.24, 2.45) is 0 Å². The van der Waals surface area contributed by atoms with Crippen molar-refractivity contribution >= 4 is 0 Å². The van der Waals surface area contributed by atoms with Gasteiger partial charge in [-0.05, 0) is 46.2 Å². The quantitative estimate of drug-likeness (QED) is 0.753. The Balaban J connectivity index is 2.34. The second kappa shape index (κ2) is 7.24. The van der Waals surface area contributed by atoms with Crippen molar-refractivity contribution in [3.8, 4) is 0 Å². The Labute approximate surface area is 95.4 Å². The van der Waals surface area contributed by atoms with Crippen molar-refractivity contribution in [1.29, 1.82) is 0 Å². The summed E-state index contributed by atoms with van der Waals surface area (Å²) in [5, 5.41) is 3.68. The summed E-state index contributed by atoms with van der Waals surface area (Å²) >= 11 is 0. The fraction of sp³-hybridized carbons (Fsp3) is 1.00. The lowest BCUT2D eigenvalue weighted by molar-refractivity contribution is 0.195. The van der Waals surface area contributed by atoms with Gasteiger partial charge in [0.25, 0.3) is 0 Å². The number of hydrogen-bond donors (Lipinski definition) is 1. The highest BCUT2D eigenvalue weighted by molar-refractivity contribution is 4.76. The predicted molar refractivity (Wildman–Crippen MR) is 67.3 cm³/mol. The molecule has 1 unspecified atom stereocenters. The third kappa shape index (κ3) is 4.98. The molecule has 0 aromatic heterocycles. The average Bonchev–Trinajstić information content (AvgIpc) is 2.45. The molecule has 1 rings (SSSR count). The standard InChI is InChI=1S/C13H28N2/c1-4-10-15(12(2)3)11-13-8-6-5-7-9-14-13/h12-14H,4-11H2,1-3H3. The number of nitrogens with one attached hydrogen (secondary N) is 1. The summed E-state index contributed by atoms with van der Waals surface area (Å²) in [5.41, 5.74) is 0. The molecule has 1 heterocycles. The smallest absolute Gasteiger partial charge is 0.0195 e. The zero-order valence-electron chi connectivity index (χ0n) is 10.8. The first kappa shape index (κ1) is 13.0. The minimum absolute atomic E-state index is 0.690. The van der Waals surface area contributed by atoms with E-state index in [4.69, 9.17) is 0 Å². The highest BCUT2D eigenvalue weighted by Crippen LogP contribution is 2.11. The first-order valence-corrected chi connectivity index (χ1v) is 6.71. The molecular weight excluding hydrogens is 184 g/mol. The summed E-state index contributed by atoms with van der Waals surface area (Å²) in [6.45, 7) is 10.6. The average molecular weight is 212 g/mol. The summed E-state index contributed by atoms with van der Waals surface area (Å²) in [5.74, 6) is 0. The lowest BCUT2D eigenvalue weighted by Crippen LogP contribution is -2.43. The van der Waals surface area contributed by atoms with Crippen LogP contribution in [0.5, 0.6) is 0 Å². The minimum Gasteiger partial charge on any atom is -0.313 e. The van der Waals surface area contributed by atoms with E-state index in [1.165, 1.54) is 51.7 Å². The molecule has 90 valence electrons. The van der Waals surface area contributed by atoms with Crippen LogP contribution in [0.3, 0.4) is 0 Å². The van der Waals surface area contributed by atoms with Crippen LogP contribution < -0.4 is 5.32 Å². The Kier molecular flexibility index (Phi) is 6.26. The van der Waals surface area contributed by atoms with E-state index < -0.39 is 0 Å². The third-order valence-corrected chi connectivity index (χ3v) is 3.36. The lowest BCUT2D eigenvalue weighted by Gasteiger charge is -2.30. The van der Waals surface area contributed by atoms with E-state index in [1.807, 2.05) is 0 Å². The molecule has 1 atom stereocenters. The van der Waals surface area contributed by atoms with Crippen molar-refractivity contribution in [2.45, 2.75) is 65.0 Å². The summed E-state index contributed by atoms with van der Waals surface area (Å²) in [6.07, 6.45) is 6.83. The molecule has 1 fully saturated rings. The van der Waals surface area contributed by atoms with Gasteiger partial charge in [0, 0.05) is 18.6 Å². The zero-order chi connectivity index (χ0) is 11.1. The second-order valence-electron chi connectivity index (χ2n) is 5.09. The molecule has 0 spiro atoms. The fourth-order valence-corrected chi connectivity index (χ4v) is 2.39. The lowest BCUT2D eigenvalue weighted by atomic mass is 10.1. The van der Waals surface area contributed by atoms with E-state index in [1.54, 1.807) is 0 Å². The van der Waals surface area contributed by atoms with Gasteiger partial charge in [-0.25, -0.2) is 0 Å². The predicted octanol–water partition coefficient (Wildman–Crippen LogP) is 2.64. The molecule has 0 bridgehead atoms. The summed E-state index contributed by atoms with van der Waals surface area (Å²) in [6, 6.07) is 1.43. The second-order valence-corrected chi connectivity index (χ2v) is 5.09. The fourth-order valence-electron chi connectivity index (χ4n) is 2.39. The number of rotatable bonds is 5. The van der Waals surface area contributed by atoms with Crippen LogP contribution in [0.25, 0.3) is 0 Å². The molecule has 0 radical (unpaired) electrons. The Morgan fingerprint density at radius 3 is 2.73 bits per heavy atom. The van der Waals surface area contributed by atoms with Crippen LogP contribution in [0.15, 0.2) is 0 Å². The summed E-state index contributed by atoms with van der Waals surface area (Å²) in [4.78, 5) is 2.61. The molecule has 2 heteroatoms. The maximum Gasteiger partial charge on any atom is 0.0195 e. The molecule has 0 saturated carbocycles. The summed E-state index contributed by atoms with van der Waals surface area (Å²) < 4.78 is 0. The molecular formula is C13H28N2. The largest absolute Gasteiger partial charge is 0.313 e. The maximum atomic E-state index is 3.68. The van der Waals surface area contributed by atoms with Gasteiger partial charge in [0.2, 0.25) is 0 Å². The molecule has 0 aromatic carbocycles.